The second-order valence-corrected chi connectivity index (χ2v) is 6.09. The molecule has 21 heavy (non-hydrogen) atoms. The topological polar surface area (TPSA) is 38.7 Å². The Morgan fingerprint density at radius 1 is 1.05 bits per heavy atom. The van der Waals surface area contributed by atoms with Crippen molar-refractivity contribution >= 4 is 11.8 Å². The van der Waals surface area contributed by atoms with Crippen LogP contribution in [0.25, 0.3) is 0 Å². The van der Waals surface area contributed by atoms with Crippen LogP contribution >= 0.6 is 11.8 Å². The van der Waals surface area contributed by atoms with Crippen LogP contribution in [0.2, 0.25) is 0 Å². The second-order valence-electron chi connectivity index (χ2n) is 4.97. The van der Waals surface area contributed by atoms with Crippen LogP contribution in [-0.2, 0) is 0 Å². The summed E-state index contributed by atoms with van der Waals surface area (Å²) in [5.74, 6) is 1.60. The number of hydrogen-bond donors (Lipinski definition) is 1. The first-order chi connectivity index (χ1) is 10.2. The molecule has 3 nitrogen and oxygen atoms in total. The molecule has 1 N–H and O–H groups in total. The Balaban J connectivity index is 1.87. The summed E-state index contributed by atoms with van der Waals surface area (Å²) in [6.07, 6.45) is 0.427. The largest absolute Gasteiger partial charge is 0.490 e. The van der Waals surface area contributed by atoms with Gasteiger partial charge in [0, 0.05) is 16.2 Å². The smallest absolute Gasteiger partial charge is 0.162 e. The van der Waals surface area contributed by atoms with E-state index in [-0.39, 0.29) is 0 Å². The van der Waals surface area contributed by atoms with E-state index >= 15 is 0 Å². The highest BCUT2D eigenvalue weighted by molar-refractivity contribution is 7.99. The van der Waals surface area contributed by atoms with Gasteiger partial charge in [-0.2, -0.15) is 0 Å². The van der Waals surface area contributed by atoms with Gasteiger partial charge in [-0.15, -0.1) is 0 Å². The van der Waals surface area contributed by atoms with E-state index in [1.54, 1.807) is 18.7 Å². The maximum absolute atomic E-state index is 9.85. The first-order valence-electron chi connectivity index (χ1n) is 7.08. The van der Waals surface area contributed by atoms with E-state index in [2.05, 4.69) is 0 Å². The minimum atomic E-state index is -0.478. The number of rotatable bonds is 3. The Kier molecular flexibility index (Phi) is 4.36. The van der Waals surface area contributed by atoms with Crippen LogP contribution in [0.3, 0.4) is 0 Å². The van der Waals surface area contributed by atoms with Crippen molar-refractivity contribution in [2.24, 2.45) is 0 Å². The fourth-order valence-corrected chi connectivity index (χ4v) is 3.31. The molecule has 1 aliphatic rings. The Bertz CT molecular complexity index is 625. The first kappa shape index (κ1) is 14.3. The third-order valence-electron chi connectivity index (χ3n) is 3.32. The lowest BCUT2D eigenvalue weighted by Crippen LogP contribution is -1.97. The molecule has 0 radical (unpaired) electrons. The molecule has 1 atom stereocenters. The molecule has 0 unspecified atom stereocenters. The molecule has 0 aliphatic carbocycles. The molecule has 1 aliphatic heterocycles. The molecular formula is C17H18O3S. The standard InChI is InChI=1S/C17H18O3S/c1-12(18)14-5-2-3-6-17(14)21-13-7-8-15-16(11-13)20-10-4-9-19-15/h2-3,5-8,11-12,18H,4,9-10H2,1H3/t12-/m0/s1. The fourth-order valence-electron chi connectivity index (χ4n) is 2.25. The van der Waals surface area contributed by atoms with Gasteiger partial charge in [0.15, 0.2) is 11.5 Å². The summed E-state index contributed by atoms with van der Waals surface area (Å²) in [5, 5.41) is 9.85. The van der Waals surface area contributed by atoms with Crippen LogP contribution in [0.4, 0.5) is 0 Å². The SMILES string of the molecule is C[C@H](O)c1ccccc1Sc1ccc2c(c1)OCCCO2. The van der Waals surface area contributed by atoms with Crippen LogP contribution in [0, 0.1) is 0 Å². The minimum Gasteiger partial charge on any atom is -0.490 e. The lowest BCUT2D eigenvalue weighted by atomic mass is 10.1. The zero-order chi connectivity index (χ0) is 14.7. The van der Waals surface area contributed by atoms with Gasteiger partial charge in [-0.3, -0.25) is 0 Å². The van der Waals surface area contributed by atoms with Crippen LogP contribution in [0.5, 0.6) is 11.5 Å². The molecule has 2 aromatic rings. The van der Waals surface area contributed by atoms with Crippen molar-refractivity contribution < 1.29 is 14.6 Å². The average Bonchev–Trinajstić information content (AvgIpc) is 2.72. The molecule has 0 saturated carbocycles. The molecule has 3 rings (SSSR count). The number of aliphatic hydroxyl groups excluding tert-OH is 1. The highest BCUT2D eigenvalue weighted by Gasteiger charge is 2.13. The van der Waals surface area contributed by atoms with Crippen LogP contribution < -0.4 is 9.47 Å². The van der Waals surface area contributed by atoms with E-state index in [0.29, 0.717) is 13.2 Å². The molecular weight excluding hydrogens is 284 g/mol. The highest BCUT2D eigenvalue weighted by Crippen LogP contribution is 2.38. The Morgan fingerprint density at radius 3 is 2.62 bits per heavy atom. The predicted octanol–water partition coefficient (Wildman–Crippen LogP) is 4.05. The van der Waals surface area contributed by atoms with E-state index in [0.717, 1.165) is 33.3 Å². The van der Waals surface area contributed by atoms with Gasteiger partial charge < -0.3 is 14.6 Å². The number of benzene rings is 2. The first-order valence-corrected chi connectivity index (χ1v) is 7.90. The summed E-state index contributed by atoms with van der Waals surface area (Å²) in [6, 6.07) is 13.9. The van der Waals surface area contributed by atoms with Gasteiger partial charge in [-0.05, 0) is 36.8 Å². The number of aliphatic hydroxyl groups is 1. The van der Waals surface area contributed by atoms with Crippen molar-refractivity contribution in [3.63, 3.8) is 0 Å². The molecule has 0 saturated heterocycles. The van der Waals surface area contributed by atoms with Gasteiger partial charge in [0.05, 0.1) is 19.3 Å². The molecule has 0 spiro atoms. The van der Waals surface area contributed by atoms with Gasteiger partial charge in [-0.25, -0.2) is 0 Å². The molecule has 110 valence electrons. The summed E-state index contributed by atoms with van der Waals surface area (Å²) < 4.78 is 11.4. The number of ether oxygens (including phenoxy) is 2. The number of fused-ring (bicyclic) bond motifs is 1. The molecule has 2 aromatic carbocycles. The van der Waals surface area contributed by atoms with Crippen molar-refractivity contribution in [2.45, 2.75) is 29.2 Å². The molecule has 1 heterocycles. The lowest BCUT2D eigenvalue weighted by molar-refractivity contribution is 0.196. The van der Waals surface area contributed by atoms with Crippen LogP contribution in [0.1, 0.15) is 25.0 Å². The summed E-state index contributed by atoms with van der Waals surface area (Å²) in [7, 11) is 0. The van der Waals surface area contributed by atoms with Gasteiger partial charge in [-0.1, -0.05) is 30.0 Å². The third kappa shape index (κ3) is 3.34. The van der Waals surface area contributed by atoms with E-state index < -0.39 is 6.10 Å². The molecule has 0 aromatic heterocycles. The van der Waals surface area contributed by atoms with Crippen molar-refractivity contribution in [2.75, 3.05) is 13.2 Å². The van der Waals surface area contributed by atoms with Gasteiger partial charge in [0.2, 0.25) is 0 Å². The van der Waals surface area contributed by atoms with Crippen LogP contribution in [0.15, 0.2) is 52.3 Å². The van der Waals surface area contributed by atoms with E-state index in [1.165, 1.54) is 0 Å². The van der Waals surface area contributed by atoms with Gasteiger partial charge >= 0.3 is 0 Å². The Labute approximate surface area is 128 Å². The molecule has 0 fully saturated rings. The molecule has 4 heteroatoms. The summed E-state index contributed by atoms with van der Waals surface area (Å²) >= 11 is 1.63. The van der Waals surface area contributed by atoms with Crippen molar-refractivity contribution in [3.8, 4) is 11.5 Å². The fraction of sp³-hybridized carbons (Fsp3) is 0.294. The summed E-state index contributed by atoms with van der Waals surface area (Å²) in [5.41, 5.74) is 0.939. The summed E-state index contributed by atoms with van der Waals surface area (Å²) in [4.78, 5) is 2.13. The quantitative estimate of drug-likeness (QED) is 0.928. The van der Waals surface area contributed by atoms with E-state index in [9.17, 15) is 5.11 Å². The zero-order valence-corrected chi connectivity index (χ0v) is 12.7. The van der Waals surface area contributed by atoms with Crippen molar-refractivity contribution in [3.05, 3.63) is 48.0 Å². The predicted molar refractivity (Wildman–Crippen MR) is 83.2 cm³/mol. The molecule has 0 bridgehead atoms. The second kappa shape index (κ2) is 6.41. The Hall–Kier alpha value is -1.65. The van der Waals surface area contributed by atoms with E-state index in [1.807, 2.05) is 42.5 Å². The monoisotopic (exact) mass is 302 g/mol. The highest BCUT2D eigenvalue weighted by atomic mass is 32.2. The normalized spacial score (nSPS) is 15.3. The average molecular weight is 302 g/mol. The maximum atomic E-state index is 9.85. The number of hydrogen-bond acceptors (Lipinski definition) is 4. The van der Waals surface area contributed by atoms with Crippen molar-refractivity contribution in [1.82, 2.24) is 0 Å². The Morgan fingerprint density at radius 2 is 1.81 bits per heavy atom. The van der Waals surface area contributed by atoms with Gasteiger partial charge in [0.1, 0.15) is 0 Å². The molecule has 0 amide bonds. The lowest BCUT2D eigenvalue weighted by Gasteiger charge is -2.13. The van der Waals surface area contributed by atoms with E-state index in [4.69, 9.17) is 9.47 Å². The van der Waals surface area contributed by atoms with Crippen LogP contribution in [-0.4, -0.2) is 18.3 Å². The summed E-state index contributed by atoms with van der Waals surface area (Å²) in [6.45, 7) is 3.17. The van der Waals surface area contributed by atoms with Crippen molar-refractivity contribution in [1.29, 1.82) is 0 Å². The maximum Gasteiger partial charge on any atom is 0.162 e. The minimum absolute atomic E-state index is 0.478. The van der Waals surface area contributed by atoms with Gasteiger partial charge in [0.25, 0.3) is 0 Å². The zero-order valence-electron chi connectivity index (χ0n) is 11.9. The third-order valence-corrected chi connectivity index (χ3v) is 4.40.